The summed E-state index contributed by atoms with van der Waals surface area (Å²) in [6.07, 6.45) is 0.890. The first-order valence-corrected chi connectivity index (χ1v) is 7.40. The molecule has 0 aliphatic carbocycles. The number of non-ortho nitro benzene ring substituents is 1. The van der Waals surface area contributed by atoms with E-state index >= 15 is 0 Å². The van der Waals surface area contributed by atoms with Gasteiger partial charge in [-0.2, -0.15) is 5.26 Å². The minimum Gasteiger partial charge on any atom is -0.361 e. The summed E-state index contributed by atoms with van der Waals surface area (Å²) in [4.78, 5) is 10.4. The fraction of sp³-hybridized carbons (Fsp3) is 0.562. The Hall–Kier alpha value is -2.04. The van der Waals surface area contributed by atoms with Gasteiger partial charge in [0.05, 0.1) is 17.6 Å². The Morgan fingerprint density at radius 1 is 1.48 bits per heavy atom. The van der Waals surface area contributed by atoms with E-state index in [4.69, 9.17) is 10.00 Å². The van der Waals surface area contributed by atoms with E-state index in [1.165, 1.54) is 6.07 Å². The fourth-order valence-electron chi connectivity index (χ4n) is 2.44. The van der Waals surface area contributed by atoms with Crippen molar-refractivity contribution in [2.45, 2.75) is 44.8 Å². The van der Waals surface area contributed by atoms with Gasteiger partial charge in [-0.05, 0) is 39.8 Å². The third-order valence-corrected chi connectivity index (χ3v) is 4.02. The van der Waals surface area contributed by atoms with E-state index in [2.05, 4.69) is 5.32 Å². The molecule has 0 unspecified atom stereocenters. The second kappa shape index (κ2) is 7.49. The van der Waals surface area contributed by atoms with Crippen LogP contribution >= 0.6 is 0 Å². The third kappa shape index (κ3) is 4.47. The topological polar surface area (TPSA) is 88.2 Å². The fourth-order valence-corrected chi connectivity index (χ4v) is 2.44. The van der Waals surface area contributed by atoms with Gasteiger partial charge in [-0.15, -0.1) is 0 Å². The Morgan fingerprint density at radius 2 is 2.13 bits per heavy atom. The third-order valence-electron chi connectivity index (χ3n) is 4.02. The van der Waals surface area contributed by atoms with Crippen molar-refractivity contribution < 1.29 is 14.1 Å². The predicted octanol–water partition coefficient (Wildman–Crippen LogP) is 3.27. The molecule has 0 aliphatic rings. The predicted molar refractivity (Wildman–Crippen MR) is 84.3 cm³/mol. The molecular weight excluding hydrogens is 301 g/mol. The summed E-state index contributed by atoms with van der Waals surface area (Å²) < 4.78 is 19.8. The number of hydrogen-bond donors (Lipinski definition) is 1. The smallest absolute Gasteiger partial charge is 0.269 e. The monoisotopic (exact) mass is 323 g/mol. The second-order valence-electron chi connectivity index (χ2n) is 5.83. The molecule has 0 saturated heterocycles. The average molecular weight is 323 g/mol. The number of ether oxygens (including phenoxy) is 1. The highest BCUT2D eigenvalue weighted by Crippen LogP contribution is 2.33. The number of halogens is 1. The number of benzene rings is 1. The standard InChI is InChI=1S/C16H22FN3O3/c1-5-16(19-4,8-9-23-15(2,3)11-18)13-10-12(20(21)22)6-7-14(13)17/h6-7,10,19H,5,8-9H2,1-4H3/t16-/m0/s1. The Balaban J connectivity index is 3.12. The van der Waals surface area contributed by atoms with Gasteiger partial charge in [-0.25, -0.2) is 4.39 Å². The molecule has 23 heavy (non-hydrogen) atoms. The Morgan fingerprint density at radius 3 is 2.61 bits per heavy atom. The quantitative estimate of drug-likeness (QED) is 0.586. The lowest BCUT2D eigenvalue weighted by Gasteiger charge is -2.34. The van der Waals surface area contributed by atoms with Crippen LogP contribution in [0, 0.1) is 27.3 Å². The van der Waals surface area contributed by atoms with Crippen molar-refractivity contribution in [3.8, 4) is 6.07 Å². The summed E-state index contributed by atoms with van der Waals surface area (Å²) in [7, 11) is 1.68. The molecule has 126 valence electrons. The number of hydrogen-bond acceptors (Lipinski definition) is 5. The van der Waals surface area contributed by atoms with Gasteiger partial charge in [0.1, 0.15) is 11.4 Å². The van der Waals surface area contributed by atoms with Crippen LogP contribution in [0.3, 0.4) is 0 Å². The zero-order chi connectivity index (χ0) is 17.7. The van der Waals surface area contributed by atoms with Crippen LogP contribution in [0.2, 0.25) is 0 Å². The first-order chi connectivity index (χ1) is 10.7. The molecule has 1 rings (SSSR count). The Labute approximate surface area is 135 Å². The van der Waals surface area contributed by atoms with E-state index in [0.29, 0.717) is 12.8 Å². The summed E-state index contributed by atoms with van der Waals surface area (Å²) in [5, 5.41) is 23.0. The van der Waals surface area contributed by atoms with E-state index in [1.807, 2.05) is 13.0 Å². The van der Waals surface area contributed by atoms with Crippen molar-refractivity contribution in [1.29, 1.82) is 5.26 Å². The van der Waals surface area contributed by atoms with E-state index in [9.17, 15) is 14.5 Å². The van der Waals surface area contributed by atoms with E-state index < -0.39 is 21.9 Å². The minimum atomic E-state index is -0.936. The molecule has 1 aromatic rings. The number of rotatable bonds is 8. The van der Waals surface area contributed by atoms with E-state index in [0.717, 1.165) is 12.1 Å². The molecule has 0 radical (unpaired) electrons. The number of nitro groups is 1. The summed E-state index contributed by atoms with van der Waals surface area (Å²) in [5.41, 5.74) is -1.67. The highest BCUT2D eigenvalue weighted by atomic mass is 19.1. The molecule has 0 spiro atoms. The Bertz CT molecular complexity index is 607. The molecule has 7 heteroatoms. The van der Waals surface area contributed by atoms with Crippen LogP contribution < -0.4 is 5.32 Å². The van der Waals surface area contributed by atoms with Gasteiger partial charge in [-0.3, -0.25) is 10.1 Å². The minimum absolute atomic E-state index is 0.159. The molecule has 0 saturated carbocycles. The van der Waals surface area contributed by atoms with Crippen LogP contribution in [-0.4, -0.2) is 24.2 Å². The lowest BCUT2D eigenvalue weighted by atomic mass is 9.83. The lowest BCUT2D eigenvalue weighted by Crippen LogP contribution is -2.42. The number of nitrogens with zero attached hydrogens (tertiary/aromatic N) is 2. The summed E-state index contributed by atoms with van der Waals surface area (Å²) in [5.74, 6) is -0.508. The van der Waals surface area contributed by atoms with Crippen molar-refractivity contribution in [3.63, 3.8) is 0 Å². The molecule has 1 N–H and O–H groups in total. The molecular formula is C16H22FN3O3. The maximum absolute atomic E-state index is 14.3. The lowest BCUT2D eigenvalue weighted by molar-refractivity contribution is -0.385. The van der Waals surface area contributed by atoms with Crippen LogP contribution in [0.5, 0.6) is 0 Å². The average Bonchev–Trinajstić information content (AvgIpc) is 2.52. The van der Waals surface area contributed by atoms with Gasteiger partial charge in [0.25, 0.3) is 5.69 Å². The zero-order valence-electron chi connectivity index (χ0n) is 13.9. The number of nitro benzene ring substituents is 1. The number of nitriles is 1. The normalized spacial score (nSPS) is 14.1. The molecule has 0 fully saturated rings. The largest absolute Gasteiger partial charge is 0.361 e. The summed E-state index contributed by atoms with van der Waals surface area (Å²) in [6, 6.07) is 5.54. The van der Waals surface area contributed by atoms with E-state index in [-0.39, 0.29) is 17.9 Å². The van der Waals surface area contributed by atoms with E-state index in [1.54, 1.807) is 20.9 Å². The molecule has 0 amide bonds. The van der Waals surface area contributed by atoms with Crippen molar-refractivity contribution >= 4 is 5.69 Å². The van der Waals surface area contributed by atoms with Crippen LogP contribution in [-0.2, 0) is 10.3 Å². The van der Waals surface area contributed by atoms with Gasteiger partial charge >= 0.3 is 0 Å². The highest BCUT2D eigenvalue weighted by Gasteiger charge is 2.33. The maximum atomic E-state index is 14.3. The van der Waals surface area contributed by atoms with Gasteiger partial charge in [-0.1, -0.05) is 6.92 Å². The van der Waals surface area contributed by atoms with Crippen molar-refractivity contribution in [1.82, 2.24) is 5.32 Å². The van der Waals surface area contributed by atoms with Gasteiger partial charge < -0.3 is 10.1 Å². The molecule has 0 heterocycles. The van der Waals surface area contributed by atoms with Crippen molar-refractivity contribution in [2.75, 3.05) is 13.7 Å². The SMILES string of the molecule is CC[C@@](CCOC(C)(C)C#N)(NC)c1cc([N+](=O)[O-])ccc1F. The molecule has 0 aliphatic heterocycles. The molecule has 1 aromatic carbocycles. The molecule has 0 aromatic heterocycles. The van der Waals surface area contributed by atoms with Crippen LogP contribution in [0.15, 0.2) is 18.2 Å². The zero-order valence-corrected chi connectivity index (χ0v) is 13.9. The summed E-state index contributed by atoms with van der Waals surface area (Å²) >= 11 is 0. The van der Waals surface area contributed by atoms with Crippen molar-refractivity contribution in [2.24, 2.45) is 0 Å². The first-order valence-electron chi connectivity index (χ1n) is 7.40. The maximum Gasteiger partial charge on any atom is 0.269 e. The summed E-state index contributed by atoms with van der Waals surface area (Å²) in [6.45, 7) is 5.38. The number of nitrogens with one attached hydrogen (secondary N) is 1. The molecule has 6 nitrogen and oxygen atoms in total. The van der Waals surface area contributed by atoms with Crippen LogP contribution in [0.1, 0.15) is 39.2 Å². The first kappa shape index (κ1) is 19.0. The van der Waals surface area contributed by atoms with Gasteiger partial charge in [0, 0.05) is 23.2 Å². The molecule has 0 bridgehead atoms. The Kier molecular flexibility index (Phi) is 6.19. The van der Waals surface area contributed by atoms with Gasteiger partial charge in [0.15, 0.2) is 0 Å². The van der Waals surface area contributed by atoms with Gasteiger partial charge in [0.2, 0.25) is 0 Å². The van der Waals surface area contributed by atoms with Crippen LogP contribution in [0.4, 0.5) is 10.1 Å². The highest BCUT2D eigenvalue weighted by molar-refractivity contribution is 5.39. The van der Waals surface area contributed by atoms with Crippen LogP contribution in [0.25, 0.3) is 0 Å². The second-order valence-corrected chi connectivity index (χ2v) is 5.83. The molecule has 1 atom stereocenters. The van der Waals surface area contributed by atoms with Crippen molar-refractivity contribution in [3.05, 3.63) is 39.7 Å².